The van der Waals surface area contributed by atoms with Gasteiger partial charge in [0.25, 0.3) is 0 Å². The predicted molar refractivity (Wildman–Crippen MR) is 95.9 cm³/mol. The van der Waals surface area contributed by atoms with E-state index >= 15 is 0 Å². The molecule has 5 atom stereocenters. The van der Waals surface area contributed by atoms with Gasteiger partial charge < -0.3 is 15.3 Å². The number of unbranched alkanes of at least 4 members (excludes halogenated alkanes) is 2. The summed E-state index contributed by atoms with van der Waals surface area (Å²) in [4.78, 5) is 0. The minimum absolute atomic E-state index is 0.117. The van der Waals surface area contributed by atoms with Crippen LogP contribution in [-0.2, 0) is 12.8 Å². The summed E-state index contributed by atoms with van der Waals surface area (Å²) in [5.41, 5.74) is 2.28. The molecule has 2 aliphatic rings. The van der Waals surface area contributed by atoms with Crippen LogP contribution in [0.4, 0.5) is 0 Å². The SMILES string of the molecule is CCCCCC(O)C=C[C@@H]1[C@H]2Cc3cccc(O)c3C[C@H]2C[C@H]1O. The number of phenolic OH excluding ortho intramolecular Hbond substituents is 1. The van der Waals surface area contributed by atoms with Crippen LogP contribution in [0.1, 0.15) is 50.2 Å². The highest BCUT2D eigenvalue weighted by molar-refractivity contribution is 5.42. The van der Waals surface area contributed by atoms with E-state index in [0.717, 1.165) is 50.5 Å². The molecule has 1 unspecified atom stereocenters. The fourth-order valence-electron chi connectivity index (χ4n) is 4.57. The van der Waals surface area contributed by atoms with E-state index in [1.165, 1.54) is 5.56 Å². The van der Waals surface area contributed by atoms with Crippen LogP contribution in [-0.4, -0.2) is 27.5 Å². The lowest BCUT2D eigenvalue weighted by Gasteiger charge is -2.30. The van der Waals surface area contributed by atoms with Crippen LogP contribution in [0.3, 0.4) is 0 Å². The molecule has 1 saturated carbocycles. The van der Waals surface area contributed by atoms with E-state index in [0.29, 0.717) is 17.6 Å². The van der Waals surface area contributed by atoms with Gasteiger partial charge in [-0.1, -0.05) is 50.5 Å². The van der Waals surface area contributed by atoms with Gasteiger partial charge in [0.05, 0.1) is 12.2 Å². The smallest absolute Gasteiger partial charge is 0.119 e. The Hall–Kier alpha value is -1.32. The highest BCUT2D eigenvalue weighted by Gasteiger charge is 2.43. The van der Waals surface area contributed by atoms with Crippen LogP contribution in [0.2, 0.25) is 0 Å². The fourth-order valence-corrected chi connectivity index (χ4v) is 4.57. The maximum Gasteiger partial charge on any atom is 0.119 e. The van der Waals surface area contributed by atoms with Crippen LogP contribution in [0.5, 0.6) is 5.75 Å². The average Bonchev–Trinajstić information content (AvgIpc) is 2.86. The van der Waals surface area contributed by atoms with E-state index in [-0.39, 0.29) is 12.0 Å². The second kappa shape index (κ2) is 7.71. The predicted octanol–water partition coefficient (Wildman–Crippen LogP) is 3.60. The van der Waals surface area contributed by atoms with E-state index in [1.807, 2.05) is 12.1 Å². The van der Waals surface area contributed by atoms with Gasteiger partial charge in [-0.15, -0.1) is 0 Å². The van der Waals surface area contributed by atoms with Crippen molar-refractivity contribution in [3.05, 3.63) is 41.5 Å². The summed E-state index contributed by atoms with van der Waals surface area (Å²) in [6.07, 6.45) is 9.93. The van der Waals surface area contributed by atoms with Crippen molar-refractivity contribution in [3.8, 4) is 5.75 Å². The monoisotopic (exact) mass is 330 g/mol. The summed E-state index contributed by atoms with van der Waals surface area (Å²) < 4.78 is 0. The molecule has 1 aromatic carbocycles. The number of phenols is 1. The lowest BCUT2D eigenvalue weighted by molar-refractivity contribution is 0.140. The first-order valence-electron chi connectivity index (χ1n) is 9.44. The lowest BCUT2D eigenvalue weighted by Crippen LogP contribution is -2.26. The van der Waals surface area contributed by atoms with Crippen molar-refractivity contribution in [3.63, 3.8) is 0 Å². The van der Waals surface area contributed by atoms with Crippen molar-refractivity contribution in [2.24, 2.45) is 17.8 Å². The summed E-state index contributed by atoms with van der Waals surface area (Å²) in [5.74, 6) is 1.35. The zero-order valence-corrected chi connectivity index (χ0v) is 14.6. The van der Waals surface area contributed by atoms with Crippen LogP contribution < -0.4 is 0 Å². The molecule has 1 fully saturated rings. The van der Waals surface area contributed by atoms with E-state index in [9.17, 15) is 15.3 Å². The number of hydrogen-bond donors (Lipinski definition) is 3. The summed E-state index contributed by atoms with van der Waals surface area (Å²) >= 11 is 0. The van der Waals surface area contributed by atoms with Crippen LogP contribution in [0, 0.1) is 17.8 Å². The molecule has 0 radical (unpaired) electrons. The quantitative estimate of drug-likeness (QED) is 0.552. The highest BCUT2D eigenvalue weighted by atomic mass is 16.3. The molecule has 3 rings (SSSR count). The van der Waals surface area contributed by atoms with Gasteiger partial charge in [0, 0.05) is 5.92 Å². The largest absolute Gasteiger partial charge is 0.508 e. The molecule has 0 bridgehead atoms. The molecule has 0 amide bonds. The summed E-state index contributed by atoms with van der Waals surface area (Å²) in [6, 6.07) is 5.76. The van der Waals surface area contributed by atoms with Crippen molar-refractivity contribution in [2.75, 3.05) is 0 Å². The minimum Gasteiger partial charge on any atom is -0.508 e. The van der Waals surface area contributed by atoms with E-state index in [1.54, 1.807) is 6.07 Å². The van der Waals surface area contributed by atoms with Gasteiger partial charge in [-0.25, -0.2) is 0 Å². The van der Waals surface area contributed by atoms with E-state index < -0.39 is 6.10 Å². The third-order valence-corrected chi connectivity index (χ3v) is 5.92. The first-order chi connectivity index (χ1) is 11.6. The molecule has 0 spiro atoms. The standard InChI is InChI=1S/C21H30O3/c1-2-3-4-7-16(22)9-10-17-18-11-14-6-5-8-20(23)19(14)12-15(18)13-21(17)24/h5-6,8-10,15-18,21-24H,2-4,7,11-13H2,1H3/t15-,16?,17+,18-,21+/m0/s1. The molecule has 3 heteroatoms. The molecular weight excluding hydrogens is 300 g/mol. The Morgan fingerprint density at radius 2 is 2.08 bits per heavy atom. The molecule has 0 aromatic heterocycles. The molecule has 3 nitrogen and oxygen atoms in total. The number of fused-ring (bicyclic) bond motifs is 2. The second-order valence-corrected chi connectivity index (χ2v) is 7.58. The zero-order chi connectivity index (χ0) is 17.1. The van der Waals surface area contributed by atoms with Crippen LogP contribution in [0.25, 0.3) is 0 Å². The maximum atomic E-state index is 10.5. The Labute approximate surface area is 145 Å². The molecule has 2 aliphatic carbocycles. The van der Waals surface area contributed by atoms with E-state index in [4.69, 9.17) is 0 Å². The van der Waals surface area contributed by atoms with Crippen LogP contribution in [0.15, 0.2) is 30.4 Å². The zero-order valence-electron chi connectivity index (χ0n) is 14.6. The Kier molecular flexibility index (Phi) is 5.62. The third-order valence-electron chi connectivity index (χ3n) is 5.92. The lowest BCUT2D eigenvalue weighted by atomic mass is 9.74. The molecular formula is C21H30O3. The molecule has 0 saturated heterocycles. The van der Waals surface area contributed by atoms with Crippen molar-refractivity contribution >= 4 is 0 Å². The molecule has 0 heterocycles. The van der Waals surface area contributed by atoms with E-state index in [2.05, 4.69) is 19.1 Å². The third kappa shape index (κ3) is 3.68. The van der Waals surface area contributed by atoms with Gasteiger partial charge in [0.2, 0.25) is 0 Å². The van der Waals surface area contributed by atoms with Crippen molar-refractivity contribution in [1.82, 2.24) is 0 Å². The molecule has 132 valence electrons. The van der Waals surface area contributed by atoms with Gasteiger partial charge in [-0.3, -0.25) is 0 Å². The number of benzene rings is 1. The number of aromatic hydroxyl groups is 1. The number of aliphatic hydroxyl groups excluding tert-OH is 2. The Bertz CT molecular complexity index is 580. The summed E-state index contributed by atoms with van der Waals surface area (Å²) in [7, 11) is 0. The van der Waals surface area contributed by atoms with Gasteiger partial charge >= 0.3 is 0 Å². The Morgan fingerprint density at radius 3 is 2.88 bits per heavy atom. The van der Waals surface area contributed by atoms with Gasteiger partial charge in [-0.2, -0.15) is 0 Å². The molecule has 1 aromatic rings. The molecule has 3 N–H and O–H groups in total. The number of hydrogen-bond acceptors (Lipinski definition) is 3. The van der Waals surface area contributed by atoms with Gasteiger partial charge in [0.1, 0.15) is 5.75 Å². The summed E-state index contributed by atoms with van der Waals surface area (Å²) in [5, 5.41) is 30.7. The first-order valence-corrected chi connectivity index (χ1v) is 9.44. The Morgan fingerprint density at radius 1 is 1.25 bits per heavy atom. The normalized spacial score (nSPS) is 30.3. The first kappa shape index (κ1) is 17.5. The maximum absolute atomic E-state index is 10.5. The van der Waals surface area contributed by atoms with Crippen molar-refractivity contribution in [2.45, 2.75) is 64.1 Å². The minimum atomic E-state index is -0.400. The Balaban J connectivity index is 1.67. The van der Waals surface area contributed by atoms with Gasteiger partial charge in [-0.05, 0) is 54.7 Å². The molecule has 0 aliphatic heterocycles. The second-order valence-electron chi connectivity index (χ2n) is 7.58. The fraction of sp³-hybridized carbons (Fsp3) is 0.619. The molecule has 24 heavy (non-hydrogen) atoms. The number of aliphatic hydroxyl groups is 2. The van der Waals surface area contributed by atoms with Gasteiger partial charge in [0.15, 0.2) is 0 Å². The average molecular weight is 330 g/mol. The highest BCUT2D eigenvalue weighted by Crippen LogP contribution is 2.47. The topological polar surface area (TPSA) is 60.7 Å². The van der Waals surface area contributed by atoms with Crippen LogP contribution >= 0.6 is 0 Å². The van der Waals surface area contributed by atoms with Crippen molar-refractivity contribution < 1.29 is 15.3 Å². The summed E-state index contributed by atoms with van der Waals surface area (Å²) in [6.45, 7) is 2.16. The van der Waals surface area contributed by atoms with Crippen molar-refractivity contribution in [1.29, 1.82) is 0 Å². The number of rotatable bonds is 6.